The molecule has 0 aliphatic heterocycles. The van der Waals surface area contributed by atoms with Crippen LogP contribution in [0.2, 0.25) is 0 Å². The normalized spacial score (nSPS) is 13.4. The molecule has 116 valence electrons. The van der Waals surface area contributed by atoms with E-state index in [1.807, 2.05) is 0 Å². The maximum Gasteiger partial charge on any atom is 0.211 e. The monoisotopic (exact) mass is 314 g/mol. The Labute approximate surface area is 117 Å². The molecule has 0 fully saturated rings. The molecule has 0 spiro atoms. The zero-order chi connectivity index (χ0) is 15.1. The first-order chi connectivity index (χ1) is 8.61. The van der Waals surface area contributed by atoms with Gasteiger partial charge < -0.3 is 5.32 Å². The van der Waals surface area contributed by atoms with Gasteiger partial charge in [0.25, 0.3) is 0 Å². The second-order valence-electron chi connectivity index (χ2n) is 4.77. The van der Waals surface area contributed by atoms with Crippen LogP contribution in [0.4, 0.5) is 0 Å². The number of sulfone groups is 1. The Morgan fingerprint density at radius 3 is 2.11 bits per heavy atom. The van der Waals surface area contributed by atoms with E-state index in [2.05, 4.69) is 5.32 Å². The SMILES string of the molecule is CCN(CCCNCCS(=O)(=O)C(C)C)S(C)(=O)=O. The molecule has 0 rings (SSSR count). The number of rotatable bonds is 10. The van der Waals surface area contributed by atoms with Crippen molar-refractivity contribution in [3.05, 3.63) is 0 Å². The third-order valence-electron chi connectivity index (χ3n) is 2.86. The summed E-state index contributed by atoms with van der Waals surface area (Å²) in [6.45, 7) is 7.07. The minimum absolute atomic E-state index is 0.119. The zero-order valence-electron chi connectivity index (χ0n) is 12.2. The second kappa shape index (κ2) is 8.18. The molecule has 6 nitrogen and oxygen atoms in total. The highest BCUT2D eigenvalue weighted by atomic mass is 32.2. The highest BCUT2D eigenvalue weighted by Crippen LogP contribution is 2.00. The molecule has 0 aromatic rings. The van der Waals surface area contributed by atoms with Gasteiger partial charge in [0.15, 0.2) is 9.84 Å². The summed E-state index contributed by atoms with van der Waals surface area (Å²) in [5.41, 5.74) is 0. The molecule has 8 heteroatoms. The maximum absolute atomic E-state index is 11.5. The van der Waals surface area contributed by atoms with Gasteiger partial charge in [-0.2, -0.15) is 0 Å². The van der Waals surface area contributed by atoms with Crippen molar-refractivity contribution < 1.29 is 16.8 Å². The Hall–Kier alpha value is -0.180. The quantitative estimate of drug-likeness (QED) is 0.577. The summed E-state index contributed by atoms with van der Waals surface area (Å²) >= 11 is 0. The molecule has 0 amide bonds. The molecule has 0 saturated carbocycles. The molecule has 0 aliphatic carbocycles. The number of nitrogens with zero attached hydrogens (tertiary/aromatic N) is 1. The predicted molar refractivity (Wildman–Crippen MR) is 78.5 cm³/mol. The average molecular weight is 314 g/mol. The minimum atomic E-state index is -3.13. The van der Waals surface area contributed by atoms with Crippen LogP contribution in [0.1, 0.15) is 27.2 Å². The zero-order valence-corrected chi connectivity index (χ0v) is 13.8. The van der Waals surface area contributed by atoms with Crippen LogP contribution in [-0.2, 0) is 19.9 Å². The van der Waals surface area contributed by atoms with Gasteiger partial charge in [-0.15, -0.1) is 0 Å². The molecule has 0 bridgehead atoms. The van der Waals surface area contributed by atoms with Crippen molar-refractivity contribution >= 4 is 19.9 Å². The first-order valence-electron chi connectivity index (χ1n) is 6.48. The fraction of sp³-hybridized carbons (Fsp3) is 1.00. The van der Waals surface area contributed by atoms with Crippen molar-refractivity contribution in [2.75, 3.05) is 38.2 Å². The smallest absolute Gasteiger partial charge is 0.211 e. The van der Waals surface area contributed by atoms with Crippen LogP contribution in [0, 0.1) is 0 Å². The van der Waals surface area contributed by atoms with E-state index < -0.39 is 19.9 Å². The molecular formula is C11H26N2O4S2. The summed E-state index contributed by atoms with van der Waals surface area (Å²) < 4.78 is 47.1. The van der Waals surface area contributed by atoms with Crippen LogP contribution >= 0.6 is 0 Å². The van der Waals surface area contributed by atoms with Gasteiger partial charge in [0.05, 0.1) is 17.3 Å². The van der Waals surface area contributed by atoms with E-state index in [1.54, 1.807) is 20.8 Å². The molecule has 0 heterocycles. The predicted octanol–water partition coefficient (Wildman–Crippen LogP) is 0.0708. The number of hydrogen-bond acceptors (Lipinski definition) is 5. The summed E-state index contributed by atoms with van der Waals surface area (Å²) in [4.78, 5) is 0. The first-order valence-corrected chi connectivity index (χ1v) is 10.0. The number of hydrogen-bond donors (Lipinski definition) is 1. The lowest BCUT2D eigenvalue weighted by molar-refractivity contribution is 0.420. The average Bonchev–Trinajstić information content (AvgIpc) is 2.25. The summed E-state index contributed by atoms with van der Waals surface area (Å²) in [6.07, 6.45) is 1.86. The third-order valence-corrected chi connectivity index (χ3v) is 6.45. The molecule has 0 aliphatic rings. The van der Waals surface area contributed by atoms with Gasteiger partial charge in [-0.1, -0.05) is 6.92 Å². The topological polar surface area (TPSA) is 83.6 Å². The fourth-order valence-electron chi connectivity index (χ4n) is 1.51. The Bertz CT molecular complexity index is 443. The van der Waals surface area contributed by atoms with Crippen molar-refractivity contribution in [1.82, 2.24) is 9.62 Å². The molecule has 0 radical (unpaired) electrons. The van der Waals surface area contributed by atoms with Gasteiger partial charge in [0.1, 0.15) is 0 Å². The van der Waals surface area contributed by atoms with Crippen molar-refractivity contribution in [2.45, 2.75) is 32.4 Å². The molecule has 0 atom stereocenters. The molecule has 0 aromatic carbocycles. The van der Waals surface area contributed by atoms with Gasteiger partial charge >= 0.3 is 0 Å². The molecule has 0 saturated heterocycles. The van der Waals surface area contributed by atoms with Crippen LogP contribution in [0.5, 0.6) is 0 Å². The molecule has 0 aromatic heterocycles. The van der Waals surface area contributed by atoms with Crippen molar-refractivity contribution in [1.29, 1.82) is 0 Å². The Morgan fingerprint density at radius 2 is 1.68 bits per heavy atom. The van der Waals surface area contributed by atoms with Gasteiger partial charge in [0, 0.05) is 19.6 Å². The molecule has 19 heavy (non-hydrogen) atoms. The molecule has 0 unspecified atom stereocenters. The lowest BCUT2D eigenvalue weighted by Gasteiger charge is -2.17. The van der Waals surface area contributed by atoms with E-state index in [4.69, 9.17) is 0 Å². The first kappa shape index (κ1) is 18.8. The highest BCUT2D eigenvalue weighted by molar-refractivity contribution is 7.92. The number of sulfonamides is 1. The lowest BCUT2D eigenvalue weighted by Crippen LogP contribution is -2.33. The molecular weight excluding hydrogens is 288 g/mol. The standard InChI is InChI=1S/C11H26N2O4S2/c1-5-13(18(4,14)15)9-6-7-12-8-10-19(16,17)11(2)3/h11-12H,5-10H2,1-4H3. The van der Waals surface area contributed by atoms with E-state index in [-0.39, 0.29) is 11.0 Å². The summed E-state index contributed by atoms with van der Waals surface area (Å²) in [5, 5.41) is 2.67. The van der Waals surface area contributed by atoms with Crippen molar-refractivity contribution in [3.63, 3.8) is 0 Å². The van der Waals surface area contributed by atoms with Crippen LogP contribution in [-0.4, -0.2) is 64.6 Å². The van der Waals surface area contributed by atoms with Crippen LogP contribution in [0.25, 0.3) is 0 Å². The van der Waals surface area contributed by atoms with Gasteiger partial charge in [-0.05, 0) is 26.8 Å². The maximum atomic E-state index is 11.5. The van der Waals surface area contributed by atoms with Gasteiger partial charge in [0.2, 0.25) is 10.0 Å². The van der Waals surface area contributed by atoms with E-state index in [0.717, 1.165) is 0 Å². The Balaban J connectivity index is 3.84. The van der Waals surface area contributed by atoms with Crippen molar-refractivity contribution in [3.8, 4) is 0 Å². The van der Waals surface area contributed by atoms with Crippen molar-refractivity contribution in [2.24, 2.45) is 0 Å². The van der Waals surface area contributed by atoms with E-state index in [1.165, 1.54) is 10.6 Å². The Morgan fingerprint density at radius 1 is 1.11 bits per heavy atom. The van der Waals surface area contributed by atoms with Gasteiger partial charge in [-0.3, -0.25) is 0 Å². The van der Waals surface area contributed by atoms with E-state index in [9.17, 15) is 16.8 Å². The van der Waals surface area contributed by atoms with Gasteiger partial charge in [-0.25, -0.2) is 21.1 Å². The minimum Gasteiger partial charge on any atom is -0.316 e. The van der Waals surface area contributed by atoms with E-state index >= 15 is 0 Å². The van der Waals surface area contributed by atoms with Crippen LogP contribution in [0.15, 0.2) is 0 Å². The summed E-state index contributed by atoms with van der Waals surface area (Å²) in [6, 6.07) is 0. The second-order valence-corrected chi connectivity index (χ2v) is 9.43. The summed E-state index contributed by atoms with van der Waals surface area (Å²) in [7, 11) is -6.13. The van der Waals surface area contributed by atoms with Crippen LogP contribution in [0.3, 0.4) is 0 Å². The fourth-order valence-corrected chi connectivity index (χ4v) is 3.34. The lowest BCUT2D eigenvalue weighted by atomic mass is 10.4. The van der Waals surface area contributed by atoms with E-state index in [0.29, 0.717) is 32.6 Å². The number of nitrogens with one attached hydrogen (secondary N) is 1. The highest BCUT2D eigenvalue weighted by Gasteiger charge is 2.15. The third kappa shape index (κ3) is 7.86. The largest absolute Gasteiger partial charge is 0.316 e. The molecule has 1 N–H and O–H groups in total. The Kier molecular flexibility index (Phi) is 8.11. The van der Waals surface area contributed by atoms with Crippen LogP contribution < -0.4 is 5.32 Å². The summed E-state index contributed by atoms with van der Waals surface area (Å²) in [5.74, 6) is 0.119.